The lowest BCUT2D eigenvalue weighted by atomic mass is 10.1. The second kappa shape index (κ2) is 9.07. The van der Waals surface area contributed by atoms with E-state index in [1.54, 1.807) is 31.5 Å². The first kappa shape index (κ1) is 18.8. The Balaban J connectivity index is 1.70. The largest absolute Gasteiger partial charge is 0.496 e. The van der Waals surface area contributed by atoms with Gasteiger partial charge in [-0.05, 0) is 43.5 Å². The Morgan fingerprint density at radius 1 is 1.04 bits per heavy atom. The molecule has 0 radical (unpaired) electrons. The van der Waals surface area contributed by atoms with E-state index >= 15 is 0 Å². The summed E-state index contributed by atoms with van der Waals surface area (Å²) in [6.45, 7) is 2.15. The molecule has 2 aromatic carbocycles. The molecule has 0 aromatic heterocycles. The number of hydrogen-bond donors (Lipinski definition) is 1. The molecule has 1 aliphatic rings. The average molecular weight is 367 g/mol. The van der Waals surface area contributed by atoms with Crippen LogP contribution in [0.1, 0.15) is 35.2 Å². The lowest BCUT2D eigenvalue weighted by molar-refractivity contribution is 0.0952. The summed E-state index contributed by atoms with van der Waals surface area (Å²) >= 11 is 0. The number of piperidine rings is 1. The van der Waals surface area contributed by atoms with Gasteiger partial charge in [-0.25, -0.2) is 5.43 Å². The molecule has 1 heterocycles. The highest BCUT2D eigenvalue weighted by atomic mass is 16.5. The molecular weight excluding hydrogens is 342 g/mol. The van der Waals surface area contributed by atoms with Gasteiger partial charge >= 0.3 is 0 Å². The number of hydrogen-bond acceptors (Lipinski definition) is 5. The third-order valence-electron chi connectivity index (χ3n) is 4.66. The normalized spacial score (nSPS) is 14.2. The zero-order valence-electron chi connectivity index (χ0n) is 15.8. The van der Waals surface area contributed by atoms with Crippen LogP contribution in [0.5, 0.6) is 11.5 Å². The van der Waals surface area contributed by atoms with Crippen LogP contribution in [0.25, 0.3) is 0 Å². The maximum Gasteiger partial charge on any atom is 0.275 e. The van der Waals surface area contributed by atoms with Crippen molar-refractivity contribution >= 4 is 17.8 Å². The SMILES string of the molecule is COc1cc(N2CCCCC2)ccc1C=NNC(=O)c1ccccc1OC. The highest BCUT2D eigenvalue weighted by Crippen LogP contribution is 2.27. The fourth-order valence-electron chi connectivity index (χ4n) is 3.21. The van der Waals surface area contributed by atoms with Crippen molar-refractivity contribution < 1.29 is 14.3 Å². The molecule has 0 saturated carbocycles. The summed E-state index contributed by atoms with van der Waals surface area (Å²) in [4.78, 5) is 14.7. The molecule has 1 N–H and O–H groups in total. The first-order valence-corrected chi connectivity index (χ1v) is 9.12. The van der Waals surface area contributed by atoms with Gasteiger partial charge in [-0.3, -0.25) is 4.79 Å². The van der Waals surface area contributed by atoms with Crippen molar-refractivity contribution in [2.24, 2.45) is 5.10 Å². The van der Waals surface area contributed by atoms with E-state index in [0.717, 1.165) is 30.1 Å². The summed E-state index contributed by atoms with van der Waals surface area (Å²) < 4.78 is 10.7. The van der Waals surface area contributed by atoms with Crippen LogP contribution in [-0.4, -0.2) is 39.4 Å². The predicted octanol–water partition coefficient (Wildman–Crippen LogP) is 3.46. The Labute approximate surface area is 159 Å². The van der Waals surface area contributed by atoms with Gasteiger partial charge in [0.05, 0.1) is 26.0 Å². The topological polar surface area (TPSA) is 63.2 Å². The Bertz CT molecular complexity index is 814. The molecule has 6 nitrogen and oxygen atoms in total. The van der Waals surface area contributed by atoms with Crippen LogP contribution < -0.4 is 19.8 Å². The van der Waals surface area contributed by atoms with Gasteiger partial charge in [0.1, 0.15) is 11.5 Å². The number of hydrazone groups is 1. The van der Waals surface area contributed by atoms with E-state index in [9.17, 15) is 4.79 Å². The summed E-state index contributed by atoms with van der Waals surface area (Å²) in [6.07, 6.45) is 5.33. The average Bonchev–Trinajstić information content (AvgIpc) is 2.74. The smallest absolute Gasteiger partial charge is 0.275 e. The van der Waals surface area contributed by atoms with Gasteiger partial charge in [-0.1, -0.05) is 12.1 Å². The van der Waals surface area contributed by atoms with Gasteiger partial charge in [-0.2, -0.15) is 5.10 Å². The fourth-order valence-corrected chi connectivity index (χ4v) is 3.21. The molecule has 0 atom stereocenters. The molecule has 27 heavy (non-hydrogen) atoms. The molecule has 3 rings (SSSR count). The molecular formula is C21H25N3O3. The van der Waals surface area contributed by atoms with Gasteiger partial charge in [0.15, 0.2) is 0 Å². The molecule has 0 aliphatic carbocycles. The maximum absolute atomic E-state index is 12.3. The highest BCUT2D eigenvalue weighted by molar-refractivity contribution is 5.97. The van der Waals surface area contributed by atoms with Gasteiger partial charge < -0.3 is 14.4 Å². The summed E-state index contributed by atoms with van der Waals surface area (Å²) in [5, 5.41) is 4.07. The van der Waals surface area contributed by atoms with E-state index in [2.05, 4.69) is 21.5 Å². The van der Waals surface area contributed by atoms with E-state index in [4.69, 9.17) is 9.47 Å². The molecule has 1 saturated heterocycles. The molecule has 1 aliphatic heterocycles. The second-order valence-corrected chi connectivity index (χ2v) is 6.37. The van der Waals surface area contributed by atoms with Crippen molar-refractivity contribution in [1.29, 1.82) is 0 Å². The molecule has 0 unspecified atom stereocenters. The zero-order chi connectivity index (χ0) is 19.1. The molecule has 142 valence electrons. The Hall–Kier alpha value is -3.02. The summed E-state index contributed by atoms with van der Waals surface area (Å²) in [5.74, 6) is 0.912. The van der Waals surface area contributed by atoms with Crippen molar-refractivity contribution in [3.8, 4) is 11.5 Å². The van der Waals surface area contributed by atoms with Crippen LogP contribution in [0.4, 0.5) is 5.69 Å². The van der Waals surface area contributed by atoms with Gasteiger partial charge in [0.25, 0.3) is 5.91 Å². The highest BCUT2D eigenvalue weighted by Gasteiger charge is 2.13. The lowest BCUT2D eigenvalue weighted by Crippen LogP contribution is -2.29. The number of carbonyl (C=O) groups is 1. The van der Waals surface area contributed by atoms with Crippen LogP contribution in [-0.2, 0) is 0 Å². The number of ether oxygens (including phenoxy) is 2. The Kier molecular flexibility index (Phi) is 6.30. The van der Waals surface area contributed by atoms with Gasteiger partial charge in [0, 0.05) is 30.4 Å². The number of anilines is 1. The molecule has 0 spiro atoms. The number of amides is 1. The number of nitrogens with zero attached hydrogens (tertiary/aromatic N) is 2. The van der Waals surface area contributed by atoms with Crippen molar-refractivity contribution in [3.05, 3.63) is 53.6 Å². The lowest BCUT2D eigenvalue weighted by Gasteiger charge is -2.29. The molecule has 1 fully saturated rings. The number of rotatable bonds is 6. The van der Waals surface area contributed by atoms with Gasteiger partial charge in [0.2, 0.25) is 0 Å². The summed E-state index contributed by atoms with van der Waals surface area (Å²) in [5.41, 5.74) is 4.93. The fraction of sp³-hybridized carbons (Fsp3) is 0.333. The van der Waals surface area contributed by atoms with E-state index in [1.807, 2.05) is 18.2 Å². The standard InChI is InChI=1S/C21H25N3O3/c1-26-19-9-5-4-8-18(19)21(25)23-22-15-16-10-11-17(14-20(16)27-2)24-12-6-3-7-13-24/h4-5,8-11,14-15H,3,6-7,12-13H2,1-2H3,(H,23,25). The Morgan fingerprint density at radius 3 is 2.52 bits per heavy atom. The number of nitrogens with one attached hydrogen (secondary N) is 1. The number of para-hydroxylation sites is 1. The van der Waals surface area contributed by atoms with Crippen LogP contribution in [0.3, 0.4) is 0 Å². The number of methoxy groups -OCH3 is 2. The van der Waals surface area contributed by atoms with Crippen molar-refractivity contribution in [2.45, 2.75) is 19.3 Å². The van der Waals surface area contributed by atoms with Gasteiger partial charge in [-0.15, -0.1) is 0 Å². The van der Waals surface area contributed by atoms with Crippen molar-refractivity contribution in [2.75, 3.05) is 32.2 Å². The first-order valence-electron chi connectivity index (χ1n) is 9.12. The third-order valence-corrected chi connectivity index (χ3v) is 4.66. The number of carbonyl (C=O) groups excluding carboxylic acids is 1. The van der Waals surface area contributed by atoms with E-state index < -0.39 is 0 Å². The van der Waals surface area contributed by atoms with Crippen LogP contribution in [0.15, 0.2) is 47.6 Å². The quantitative estimate of drug-likeness (QED) is 0.627. The minimum Gasteiger partial charge on any atom is -0.496 e. The molecule has 2 aromatic rings. The molecule has 6 heteroatoms. The van der Waals surface area contributed by atoms with Crippen LogP contribution in [0.2, 0.25) is 0 Å². The van der Waals surface area contributed by atoms with Crippen LogP contribution >= 0.6 is 0 Å². The van der Waals surface area contributed by atoms with Crippen molar-refractivity contribution in [3.63, 3.8) is 0 Å². The van der Waals surface area contributed by atoms with E-state index in [-0.39, 0.29) is 5.91 Å². The molecule has 0 bridgehead atoms. The second-order valence-electron chi connectivity index (χ2n) is 6.37. The minimum absolute atomic E-state index is 0.326. The molecule has 1 amide bonds. The van der Waals surface area contributed by atoms with Crippen molar-refractivity contribution in [1.82, 2.24) is 5.43 Å². The first-order chi connectivity index (χ1) is 13.2. The van der Waals surface area contributed by atoms with E-state index in [0.29, 0.717) is 11.3 Å². The third kappa shape index (κ3) is 4.58. The monoisotopic (exact) mass is 367 g/mol. The van der Waals surface area contributed by atoms with Crippen LogP contribution in [0, 0.1) is 0 Å². The maximum atomic E-state index is 12.3. The minimum atomic E-state index is -0.326. The zero-order valence-corrected chi connectivity index (χ0v) is 15.8. The predicted molar refractivity (Wildman–Crippen MR) is 107 cm³/mol. The summed E-state index contributed by atoms with van der Waals surface area (Å²) in [6, 6.07) is 13.1. The number of benzene rings is 2. The Morgan fingerprint density at radius 2 is 1.78 bits per heavy atom. The summed E-state index contributed by atoms with van der Waals surface area (Å²) in [7, 11) is 3.17. The van der Waals surface area contributed by atoms with E-state index in [1.165, 1.54) is 26.4 Å².